The summed E-state index contributed by atoms with van der Waals surface area (Å²) in [6.45, 7) is 13.7. The first-order valence-corrected chi connectivity index (χ1v) is 7.84. The number of benzene rings is 1. The molecule has 1 heterocycles. The van der Waals surface area contributed by atoms with Gasteiger partial charge in [0.2, 0.25) is 0 Å². The number of rotatable bonds is 3. The van der Waals surface area contributed by atoms with Gasteiger partial charge in [-0.25, -0.2) is 0 Å². The molecule has 0 saturated carbocycles. The van der Waals surface area contributed by atoms with Crippen molar-refractivity contribution in [2.75, 3.05) is 13.1 Å². The van der Waals surface area contributed by atoms with E-state index >= 15 is 0 Å². The van der Waals surface area contributed by atoms with Crippen LogP contribution in [0.5, 0.6) is 0 Å². The first-order valence-electron chi connectivity index (χ1n) is 7.84. The molecule has 2 nitrogen and oxygen atoms in total. The van der Waals surface area contributed by atoms with Crippen molar-refractivity contribution >= 4 is 0 Å². The lowest BCUT2D eigenvalue weighted by atomic mass is 9.83. The second kappa shape index (κ2) is 5.50. The van der Waals surface area contributed by atoms with Crippen LogP contribution in [0.3, 0.4) is 0 Å². The Balaban J connectivity index is 2.18. The van der Waals surface area contributed by atoms with Crippen LogP contribution >= 0.6 is 0 Å². The first-order chi connectivity index (χ1) is 9.23. The van der Waals surface area contributed by atoms with Gasteiger partial charge >= 0.3 is 0 Å². The third-order valence-corrected chi connectivity index (χ3v) is 4.82. The average molecular weight is 274 g/mol. The van der Waals surface area contributed by atoms with Crippen molar-refractivity contribution in [2.24, 2.45) is 5.73 Å². The van der Waals surface area contributed by atoms with Gasteiger partial charge in [-0.05, 0) is 56.3 Å². The van der Waals surface area contributed by atoms with Crippen LogP contribution < -0.4 is 5.73 Å². The van der Waals surface area contributed by atoms with Crippen molar-refractivity contribution in [2.45, 2.75) is 64.5 Å². The van der Waals surface area contributed by atoms with Crippen molar-refractivity contribution in [3.63, 3.8) is 0 Å². The van der Waals surface area contributed by atoms with Crippen LogP contribution in [0.25, 0.3) is 0 Å². The van der Waals surface area contributed by atoms with Gasteiger partial charge in [0.25, 0.3) is 0 Å². The maximum absolute atomic E-state index is 6.57. The average Bonchev–Trinajstić information content (AvgIpc) is 2.91. The molecule has 112 valence electrons. The predicted molar refractivity (Wildman–Crippen MR) is 87.0 cm³/mol. The molecule has 0 bridgehead atoms. The Kier molecular flexibility index (Phi) is 4.27. The third-order valence-electron chi connectivity index (χ3n) is 4.82. The van der Waals surface area contributed by atoms with E-state index in [0.717, 1.165) is 0 Å². The Bertz CT molecular complexity index is 433. The molecule has 1 aliphatic heterocycles. The first kappa shape index (κ1) is 15.5. The van der Waals surface area contributed by atoms with Crippen LogP contribution in [0.2, 0.25) is 0 Å². The molecule has 0 amide bonds. The highest BCUT2D eigenvalue weighted by Crippen LogP contribution is 2.32. The summed E-state index contributed by atoms with van der Waals surface area (Å²) in [5, 5.41) is 0. The largest absolute Gasteiger partial charge is 0.322 e. The van der Waals surface area contributed by atoms with E-state index < -0.39 is 0 Å². The van der Waals surface area contributed by atoms with Crippen molar-refractivity contribution in [3.05, 3.63) is 35.4 Å². The highest BCUT2D eigenvalue weighted by molar-refractivity contribution is 5.30. The molecular weight excluding hydrogens is 244 g/mol. The molecule has 1 aromatic rings. The Hall–Kier alpha value is -0.860. The maximum Gasteiger partial charge on any atom is 0.0476 e. The minimum Gasteiger partial charge on any atom is -0.322 e. The van der Waals surface area contributed by atoms with Crippen LogP contribution in [-0.4, -0.2) is 23.5 Å². The van der Waals surface area contributed by atoms with Gasteiger partial charge < -0.3 is 5.73 Å². The minimum atomic E-state index is 0.0275. The molecule has 2 N–H and O–H groups in total. The van der Waals surface area contributed by atoms with Gasteiger partial charge in [-0.2, -0.15) is 0 Å². The van der Waals surface area contributed by atoms with Gasteiger partial charge in [0.15, 0.2) is 0 Å². The number of hydrogen-bond donors (Lipinski definition) is 1. The molecule has 1 unspecified atom stereocenters. The zero-order valence-corrected chi connectivity index (χ0v) is 13.7. The summed E-state index contributed by atoms with van der Waals surface area (Å²) in [4.78, 5) is 2.54. The number of nitrogens with two attached hydrogens (primary N) is 1. The molecule has 2 heteroatoms. The summed E-state index contributed by atoms with van der Waals surface area (Å²) in [6.07, 6.45) is 2.61. The number of nitrogens with zero attached hydrogens (tertiary/aromatic N) is 1. The predicted octanol–water partition coefficient (Wildman–Crippen LogP) is 3.86. The lowest BCUT2D eigenvalue weighted by Gasteiger charge is -2.40. The zero-order chi connectivity index (χ0) is 15.0. The monoisotopic (exact) mass is 274 g/mol. The molecule has 2 rings (SSSR count). The summed E-state index contributed by atoms with van der Waals surface area (Å²) in [6, 6.07) is 8.95. The van der Waals surface area contributed by atoms with E-state index in [9.17, 15) is 0 Å². The Morgan fingerprint density at radius 3 is 1.90 bits per heavy atom. The molecule has 1 atom stereocenters. The normalized spacial score (nSPS) is 19.3. The summed E-state index contributed by atoms with van der Waals surface area (Å²) < 4.78 is 0. The van der Waals surface area contributed by atoms with Crippen molar-refractivity contribution in [1.82, 2.24) is 4.90 Å². The van der Waals surface area contributed by atoms with Crippen LogP contribution in [-0.2, 0) is 5.41 Å². The Morgan fingerprint density at radius 2 is 1.45 bits per heavy atom. The minimum absolute atomic E-state index is 0.0275. The fourth-order valence-corrected chi connectivity index (χ4v) is 3.09. The molecular formula is C18H30N2. The lowest BCUT2D eigenvalue weighted by Crippen LogP contribution is -2.49. The van der Waals surface area contributed by atoms with E-state index in [2.05, 4.69) is 63.8 Å². The van der Waals surface area contributed by atoms with E-state index in [0.29, 0.717) is 0 Å². The van der Waals surface area contributed by atoms with Crippen LogP contribution in [0.15, 0.2) is 24.3 Å². The van der Waals surface area contributed by atoms with E-state index in [4.69, 9.17) is 5.73 Å². The SMILES string of the molecule is CC(C)(C)c1ccc(C(N)C(C)(C)N2CCCC2)cc1. The topological polar surface area (TPSA) is 29.3 Å². The van der Waals surface area contributed by atoms with Gasteiger partial charge in [-0.3, -0.25) is 4.90 Å². The van der Waals surface area contributed by atoms with Gasteiger partial charge in [-0.15, -0.1) is 0 Å². The summed E-state index contributed by atoms with van der Waals surface area (Å²) in [5.74, 6) is 0. The van der Waals surface area contributed by atoms with Crippen LogP contribution in [0, 0.1) is 0 Å². The molecule has 20 heavy (non-hydrogen) atoms. The Morgan fingerprint density at radius 1 is 0.950 bits per heavy atom. The smallest absolute Gasteiger partial charge is 0.0476 e. The lowest BCUT2D eigenvalue weighted by molar-refractivity contribution is 0.124. The summed E-state index contributed by atoms with van der Waals surface area (Å²) in [7, 11) is 0. The number of hydrogen-bond acceptors (Lipinski definition) is 2. The highest BCUT2D eigenvalue weighted by Gasteiger charge is 2.35. The van der Waals surface area contributed by atoms with E-state index in [1.165, 1.54) is 37.1 Å². The van der Waals surface area contributed by atoms with Gasteiger partial charge in [0, 0.05) is 11.6 Å². The zero-order valence-electron chi connectivity index (χ0n) is 13.7. The molecule has 1 saturated heterocycles. The highest BCUT2D eigenvalue weighted by atomic mass is 15.2. The molecule has 0 radical (unpaired) electrons. The maximum atomic E-state index is 6.57. The van der Waals surface area contributed by atoms with Crippen molar-refractivity contribution in [1.29, 1.82) is 0 Å². The van der Waals surface area contributed by atoms with Crippen molar-refractivity contribution in [3.8, 4) is 0 Å². The second-order valence-electron chi connectivity index (χ2n) is 7.70. The van der Waals surface area contributed by atoms with Gasteiger partial charge in [0.05, 0.1) is 0 Å². The van der Waals surface area contributed by atoms with Crippen molar-refractivity contribution < 1.29 is 0 Å². The second-order valence-corrected chi connectivity index (χ2v) is 7.70. The van der Waals surface area contributed by atoms with E-state index in [-0.39, 0.29) is 17.0 Å². The molecule has 0 spiro atoms. The molecule has 1 fully saturated rings. The molecule has 1 aromatic carbocycles. The summed E-state index contributed by atoms with van der Waals surface area (Å²) in [5.41, 5.74) is 9.41. The Labute approximate surface area is 124 Å². The van der Waals surface area contributed by atoms with Gasteiger partial charge in [-0.1, -0.05) is 45.0 Å². The summed E-state index contributed by atoms with van der Waals surface area (Å²) >= 11 is 0. The standard InChI is InChI=1S/C18H30N2/c1-17(2,3)15-10-8-14(9-11-15)16(19)18(4,5)20-12-6-7-13-20/h8-11,16H,6-7,12-13,19H2,1-5H3. The van der Waals surface area contributed by atoms with Gasteiger partial charge in [0.1, 0.15) is 0 Å². The molecule has 0 aromatic heterocycles. The number of likely N-dealkylation sites (tertiary alicyclic amines) is 1. The van der Waals surface area contributed by atoms with E-state index in [1.807, 2.05) is 0 Å². The molecule has 0 aliphatic carbocycles. The van der Waals surface area contributed by atoms with E-state index in [1.54, 1.807) is 0 Å². The van der Waals surface area contributed by atoms with Crippen LogP contribution in [0.1, 0.15) is 64.6 Å². The van der Waals surface area contributed by atoms with Crippen LogP contribution in [0.4, 0.5) is 0 Å². The quantitative estimate of drug-likeness (QED) is 0.907. The third kappa shape index (κ3) is 3.07. The molecule has 1 aliphatic rings. The fraction of sp³-hybridized carbons (Fsp3) is 0.667. The fourth-order valence-electron chi connectivity index (χ4n) is 3.09.